The van der Waals surface area contributed by atoms with E-state index < -0.39 is 0 Å². The van der Waals surface area contributed by atoms with Gasteiger partial charge in [-0.15, -0.1) is 0 Å². The Hall–Kier alpha value is -1.50. The summed E-state index contributed by atoms with van der Waals surface area (Å²) in [5.74, 6) is 1.17. The van der Waals surface area contributed by atoms with Crippen molar-refractivity contribution in [3.63, 3.8) is 0 Å². The van der Waals surface area contributed by atoms with Crippen LogP contribution in [-0.4, -0.2) is 44.5 Å². The Kier molecular flexibility index (Phi) is 8.05. The van der Waals surface area contributed by atoms with Crippen LogP contribution in [0.1, 0.15) is 48.2 Å². The largest absolute Gasteiger partial charge is 0.451 e. The zero-order valence-corrected chi connectivity index (χ0v) is 16.9. The van der Waals surface area contributed by atoms with Crippen LogP contribution in [0.15, 0.2) is 28.7 Å². The van der Waals surface area contributed by atoms with Crippen molar-refractivity contribution in [3.05, 3.63) is 35.6 Å². The van der Waals surface area contributed by atoms with E-state index in [0.717, 1.165) is 28.8 Å². The molecule has 1 aromatic heterocycles. The third-order valence-electron chi connectivity index (χ3n) is 4.99. The number of benzene rings is 1. The second-order valence-electron chi connectivity index (χ2n) is 6.98. The van der Waals surface area contributed by atoms with Gasteiger partial charge in [0.2, 0.25) is 0 Å². The first kappa shape index (κ1) is 20.2. The average Bonchev–Trinajstić information content (AvgIpc) is 3.08. The molecule has 0 spiro atoms. The number of nitrogens with one attached hydrogen (secondary N) is 2. The van der Waals surface area contributed by atoms with Crippen molar-refractivity contribution >= 4 is 28.6 Å². The summed E-state index contributed by atoms with van der Waals surface area (Å²) >= 11 is 1.97. The minimum absolute atomic E-state index is 0.126. The van der Waals surface area contributed by atoms with Gasteiger partial charge in [0.15, 0.2) is 5.76 Å². The molecule has 5 nitrogen and oxygen atoms in total. The highest BCUT2D eigenvalue weighted by molar-refractivity contribution is 7.99. The van der Waals surface area contributed by atoms with Crippen molar-refractivity contribution in [2.24, 2.45) is 0 Å². The lowest BCUT2D eigenvalue weighted by Gasteiger charge is -2.20. The fourth-order valence-electron chi connectivity index (χ4n) is 3.50. The van der Waals surface area contributed by atoms with Crippen LogP contribution < -0.4 is 10.6 Å². The fourth-order valence-corrected chi connectivity index (χ4v) is 4.86. The molecule has 0 saturated heterocycles. The first-order valence-electron chi connectivity index (χ1n) is 9.89. The lowest BCUT2D eigenvalue weighted by molar-refractivity contribution is 0.0927. The summed E-state index contributed by atoms with van der Waals surface area (Å²) < 4.78 is 10.9. The number of carbonyl (C=O) groups is 1. The van der Waals surface area contributed by atoms with Crippen LogP contribution in [-0.2, 0) is 10.5 Å². The molecule has 0 unspecified atom stereocenters. The number of fused-ring (bicyclic) bond motifs is 1. The quantitative estimate of drug-likeness (QED) is 0.601. The van der Waals surface area contributed by atoms with Gasteiger partial charge in [-0.3, -0.25) is 4.79 Å². The van der Waals surface area contributed by atoms with Gasteiger partial charge < -0.3 is 19.8 Å². The minimum atomic E-state index is -0.126. The predicted octanol–water partition coefficient (Wildman–Crippen LogP) is 3.96. The molecule has 0 atom stereocenters. The topological polar surface area (TPSA) is 63.5 Å². The van der Waals surface area contributed by atoms with E-state index in [-0.39, 0.29) is 5.91 Å². The highest BCUT2D eigenvalue weighted by Gasteiger charge is 2.22. The molecular weight excluding hydrogens is 360 g/mol. The standard InChI is InChI=1S/C21H30N2O3S/c1-25-14-13-22-11-12-23-21(24)20-18(15-27-16-7-3-2-4-8-16)17-9-5-6-10-19(17)26-20/h5-6,9-10,16,22H,2-4,7-8,11-15H2,1H3,(H,23,24). The Morgan fingerprint density at radius 1 is 1.19 bits per heavy atom. The molecule has 1 amide bonds. The third-order valence-corrected chi connectivity index (χ3v) is 6.39. The molecule has 1 heterocycles. The average molecular weight is 391 g/mol. The number of amides is 1. The monoisotopic (exact) mass is 390 g/mol. The van der Waals surface area contributed by atoms with Crippen LogP contribution in [0.4, 0.5) is 0 Å². The molecule has 2 N–H and O–H groups in total. The van der Waals surface area contributed by atoms with Crippen molar-refractivity contribution in [1.82, 2.24) is 10.6 Å². The number of rotatable bonds is 10. The first-order valence-corrected chi connectivity index (χ1v) is 10.9. The van der Waals surface area contributed by atoms with E-state index in [1.54, 1.807) is 7.11 Å². The van der Waals surface area contributed by atoms with Crippen molar-refractivity contribution in [2.45, 2.75) is 43.1 Å². The van der Waals surface area contributed by atoms with E-state index in [9.17, 15) is 4.79 Å². The summed E-state index contributed by atoms with van der Waals surface area (Å²) in [4.78, 5) is 12.7. The Balaban J connectivity index is 1.63. The number of methoxy groups -OCH3 is 1. The molecule has 1 aliphatic rings. The van der Waals surface area contributed by atoms with Crippen LogP contribution in [0, 0.1) is 0 Å². The van der Waals surface area contributed by atoms with Crippen molar-refractivity contribution < 1.29 is 13.9 Å². The van der Waals surface area contributed by atoms with Gasteiger partial charge in [0.05, 0.1) is 6.61 Å². The molecule has 1 fully saturated rings. The Labute approximate surface area is 165 Å². The van der Waals surface area contributed by atoms with Crippen molar-refractivity contribution in [3.8, 4) is 0 Å². The van der Waals surface area contributed by atoms with E-state index in [1.165, 1.54) is 32.1 Å². The van der Waals surface area contributed by atoms with Crippen LogP contribution >= 0.6 is 11.8 Å². The van der Waals surface area contributed by atoms with Crippen molar-refractivity contribution in [1.29, 1.82) is 0 Å². The van der Waals surface area contributed by atoms with Crippen LogP contribution in [0.2, 0.25) is 0 Å². The molecule has 1 aromatic carbocycles. The number of carbonyl (C=O) groups excluding carboxylic acids is 1. The molecular formula is C21H30N2O3S. The van der Waals surface area contributed by atoms with Crippen LogP contribution in [0.3, 0.4) is 0 Å². The maximum atomic E-state index is 12.7. The summed E-state index contributed by atoms with van der Waals surface area (Å²) in [5, 5.41) is 7.96. The van der Waals surface area contributed by atoms with Gasteiger partial charge in [-0.05, 0) is 18.9 Å². The zero-order valence-electron chi connectivity index (χ0n) is 16.1. The number of hydrogen-bond donors (Lipinski definition) is 2. The van der Waals surface area contributed by atoms with Gasteiger partial charge in [-0.25, -0.2) is 0 Å². The second kappa shape index (κ2) is 10.7. The third kappa shape index (κ3) is 5.74. The van der Waals surface area contributed by atoms with Gasteiger partial charge in [-0.1, -0.05) is 37.5 Å². The normalized spacial score (nSPS) is 15.3. The highest BCUT2D eigenvalue weighted by Crippen LogP contribution is 2.34. The highest BCUT2D eigenvalue weighted by atomic mass is 32.2. The molecule has 2 aromatic rings. The molecule has 148 valence electrons. The zero-order chi connectivity index (χ0) is 18.9. The summed E-state index contributed by atoms with van der Waals surface area (Å²) in [6, 6.07) is 7.95. The lowest BCUT2D eigenvalue weighted by atomic mass is 10.0. The van der Waals surface area contributed by atoms with Crippen LogP contribution in [0.25, 0.3) is 11.0 Å². The van der Waals surface area contributed by atoms with E-state index in [0.29, 0.717) is 30.7 Å². The van der Waals surface area contributed by atoms with Gasteiger partial charge in [0, 0.05) is 48.7 Å². The van der Waals surface area contributed by atoms with Gasteiger partial charge in [0.25, 0.3) is 5.91 Å². The first-order chi connectivity index (χ1) is 13.3. The van der Waals surface area contributed by atoms with Gasteiger partial charge in [0.1, 0.15) is 5.58 Å². The number of thioether (sulfide) groups is 1. The van der Waals surface area contributed by atoms with E-state index in [1.807, 2.05) is 30.0 Å². The molecule has 27 heavy (non-hydrogen) atoms. The SMILES string of the molecule is COCCNCCNC(=O)c1oc2ccccc2c1CSC1CCCCC1. The van der Waals surface area contributed by atoms with E-state index >= 15 is 0 Å². The number of ether oxygens (including phenoxy) is 1. The summed E-state index contributed by atoms with van der Waals surface area (Å²) in [5.41, 5.74) is 1.83. The maximum absolute atomic E-state index is 12.7. The van der Waals surface area contributed by atoms with E-state index in [4.69, 9.17) is 9.15 Å². The Bertz CT molecular complexity index is 725. The minimum Gasteiger partial charge on any atom is -0.451 e. The summed E-state index contributed by atoms with van der Waals surface area (Å²) in [6.07, 6.45) is 6.59. The molecule has 0 bridgehead atoms. The Morgan fingerprint density at radius 3 is 2.81 bits per heavy atom. The maximum Gasteiger partial charge on any atom is 0.287 e. The molecule has 1 saturated carbocycles. The molecule has 1 aliphatic carbocycles. The molecule has 3 rings (SSSR count). The smallest absolute Gasteiger partial charge is 0.287 e. The fraction of sp³-hybridized carbons (Fsp3) is 0.571. The number of furan rings is 1. The summed E-state index contributed by atoms with van der Waals surface area (Å²) in [7, 11) is 1.68. The lowest BCUT2D eigenvalue weighted by Crippen LogP contribution is -2.33. The predicted molar refractivity (Wildman–Crippen MR) is 111 cm³/mol. The second-order valence-corrected chi connectivity index (χ2v) is 8.26. The summed E-state index contributed by atoms with van der Waals surface area (Å²) in [6.45, 7) is 2.72. The number of para-hydroxylation sites is 1. The van der Waals surface area contributed by atoms with Crippen LogP contribution in [0.5, 0.6) is 0 Å². The molecule has 0 radical (unpaired) electrons. The molecule has 0 aliphatic heterocycles. The van der Waals surface area contributed by atoms with E-state index in [2.05, 4.69) is 16.7 Å². The molecule has 6 heteroatoms. The van der Waals surface area contributed by atoms with Crippen molar-refractivity contribution in [2.75, 3.05) is 33.4 Å². The van der Waals surface area contributed by atoms with Gasteiger partial charge >= 0.3 is 0 Å². The van der Waals surface area contributed by atoms with Gasteiger partial charge in [-0.2, -0.15) is 11.8 Å². The Morgan fingerprint density at radius 2 is 2.00 bits per heavy atom. The number of hydrogen-bond acceptors (Lipinski definition) is 5.